The zero-order valence-electron chi connectivity index (χ0n) is 5.36. The van der Waals surface area contributed by atoms with Crippen molar-refractivity contribution in [3.63, 3.8) is 0 Å². The Morgan fingerprint density at radius 2 is 1.80 bits per heavy atom. The SMILES string of the molecule is CCO.O.[Ca+2].[H-].[H-]. The van der Waals surface area contributed by atoms with Crippen LogP contribution in [0.4, 0.5) is 0 Å². The molecule has 0 aromatic carbocycles. The number of hydrogen-bond acceptors (Lipinski definition) is 1. The summed E-state index contributed by atoms with van der Waals surface area (Å²) in [6, 6.07) is 0. The Morgan fingerprint density at radius 1 is 1.80 bits per heavy atom. The average molecular weight is 106 g/mol. The minimum atomic E-state index is 0. The summed E-state index contributed by atoms with van der Waals surface area (Å²) in [5.41, 5.74) is 0. The molecule has 0 rings (SSSR count). The van der Waals surface area contributed by atoms with Gasteiger partial charge >= 0.3 is 37.7 Å². The molecule has 3 N–H and O–H groups in total. The molecule has 0 heterocycles. The van der Waals surface area contributed by atoms with Gasteiger partial charge in [-0.3, -0.25) is 0 Å². The summed E-state index contributed by atoms with van der Waals surface area (Å²) in [4.78, 5) is 0. The van der Waals surface area contributed by atoms with E-state index in [0.717, 1.165) is 0 Å². The molecule has 5 heavy (non-hydrogen) atoms. The Hall–Kier alpha value is 1.18. The van der Waals surface area contributed by atoms with E-state index in [1.807, 2.05) is 0 Å². The van der Waals surface area contributed by atoms with Crippen molar-refractivity contribution in [1.82, 2.24) is 0 Å². The Labute approximate surface area is 64.5 Å². The van der Waals surface area contributed by atoms with Crippen LogP contribution in [0.5, 0.6) is 0 Å². The first kappa shape index (κ1) is 16.4. The van der Waals surface area contributed by atoms with Gasteiger partial charge in [-0.05, 0) is 6.92 Å². The van der Waals surface area contributed by atoms with Gasteiger partial charge in [0.15, 0.2) is 0 Å². The third kappa shape index (κ3) is 37.6. The second-order valence-corrected chi connectivity index (χ2v) is 0.316. The molecular formula is C2H10CaO2. The molecule has 0 atom stereocenters. The smallest absolute Gasteiger partial charge is 1.00 e. The van der Waals surface area contributed by atoms with Crippen LogP contribution < -0.4 is 0 Å². The minimum Gasteiger partial charge on any atom is -1.00 e. The van der Waals surface area contributed by atoms with Gasteiger partial charge in [-0.25, -0.2) is 0 Å². The maximum Gasteiger partial charge on any atom is 2.00 e. The molecule has 0 bridgehead atoms. The fourth-order valence-corrected chi connectivity index (χ4v) is 0. The molecule has 0 radical (unpaired) electrons. The summed E-state index contributed by atoms with van der Waals surface area (Å²) >= 11 is 0. The van der Waals surface area contributed by atoms with Gasteiger partial charge in [0.25, 0.3) is 0 Å². The first-order valence-electron chi connectivity index (χ1n) is 1.02. The zero-order chi connectivity index (χ0) is 2.71. The summed E-state index contributed by atoms with van der Waals surface area (Å²) < 4.78 is 0. The van der Waals surface area contributed by atoms with Crippen LogP contribution in [0, 0.1) is 0 Å². The Morgan fingerprint density at radius 3 is 1.80 bits per heavy atom. The number of hydrogen-bond donors (Lipinski definition) is 1. The van der Waals surface area contributed by atoms with Crippen LogP contribution in [-0.2, 0) is 0 Å². The van der Waals surface area contributed by atoms with Crippen LogP contribution in [0.3, 0.4) is 0 Å². The maximum absolute atomic E-state index is 7.57. The molecule has 0 saturated heterocycles. The van der Waals surface area contributed by atoms with E-state index in [9.17, 15) is 0 Å². The first-order valence-corrected chi connectivity index (χ1v) is 1.02. The second-order valence-electron chi connectivity index (χ2n) is 0.316. The minimum absolute atomic E-state index is 0. The van der Waals surface area contributed by atoms with Crippen molar-refractivity contribution >= 4 is 37.7 Å². The molecule has 0 aliphatic rings. The van der Waals surface area contributed by atoms with Gasteiger partial charge in [0, 0.05) is 6.61 Å². The van der Waals surface area contributed by atoms with Gasteiger partial charge in [0.1, 0.15) is 0 Å². The quantitative estimate of drug-likeness (QED) is 0.396. The van der Waals surface area contributed by atoms with Crippen molar-refractivity contribution in [1.29, 1.82) is 0 Å². The molecule has 0 aliphatic heterocycles. The summed E-state index contributed by atoms with van der Waals surface area (Å²) in [6.45, 7) is 1.93. The molecule has 0 spiro atoms. The third-order valence-corrected chi connectivity index (χ3v) is 0. The molecule has 0 aromatic rings. The Balaban J connectivity index is -0.00000000333. The molecule has 0 aromatic heterocycles. The van der Waals surface area contributed by atoms with E-state index in [4.69, 9.17) is 5.11 Å². The van der Waals surface area contributed by atoms with E-state index >= 15 is 0 Å². The van der Waals surface area contributed by atoms with Gasteiger partial charge in [-0.15, -0.1) is 0 Å². The number of aliphatic hydroxyl groups is 1. The molecule has 0 unspecified atom stereocenters. The molecule has 0 amide bonds. The normalized spacial score (nSPS) is 3.60. The van der Waals surface area contributed by atoms with E-state index in [1.54, 1.807) is 6.92 Å². The summed E-state index contributed by atoms with van der Waals surface area (Å²) in [5.74, 6) is 0. The molecule has 32 valence electrons. The van der Waals surface area contributed by atoms with Crippen LogP contribution in [0.1, 0.15) is 9.78 Å². The first-order chi connectivity index (χ1) is 1.41. The largest absolute Gasteiger partial charge is 2.00 e. The van der Waals surface area contributed by atoms with Crippen molar-refractivity contribution in [2.45, 2.75) is 6.92 Å². The molecule has 0 fully saturated rings. The van der Waals surface area contributed by atoms with E-state index in [1.165, 1.54) is 0 Å². The maximum atomic E-state index is 7.57. The van der Waals surface area contributed by atoms with Gasteiger partial charge in [0.05, 0.1) is 0 Å². The van der Waals surface area contributed by atoms with E-state index in [-0.39, 0.29) is 52.7 Å². The van der Waals surface area contributed by atoms with Crippen LogP contribution >= 0.6 is 0 Å². The molecule has 0 aliphatic carbocycles. The van der Waals surface area contributed by atoms with Crippen molar-refractivity contribution in [3.8, 4) is 0 Å². The second kappa shape index (κ2) is 19.0. The topological polar surface area (TPSA) is 51.7 Å². The van der Waals surface area contributed by atoms with Crippen molar-refractivity contribution < 1.29 is 13.4 Å². The van der Waals surface area contributed by atoms with Crippen LogP contribution in [0.2, 0.25) is 0 Å². The molecule has 3 heteroatoms. The number of aliphatic hydroxyl groups excluding tert-OH is 1. The summed E-state index contributed by atoms with van der Waals surface area (Å²) in [7, 11) is 0. The third-order valence-electron chi connectivity index (χ3n) is 0. The van der Waals surface area contributed by atoms with Crippen molar-refractivity contribution in [2.75, 3.05) is 6.61 Å². The van der Waals surface area contributed by atoms with E-state index in [0.29, 0.717) is 0 Å². The summed E-state index contributed by atoms with van der Waals surface area (Å²) in [6.07, 6.45) is 0. The Bertz CT molecular complexity index is 13.7. The van der Waals surface area contributed by atoms with Crippen LogP contribution in [-0.4, -0.2) is 54.9 Å². The van der Waals surface area contributed by atoms with Crippen LogP contribution in [0.15, 0.2) is 0 Å². The van der Waals surface area contributed by atoms with Gasteiger partial charge in [-0.2, -0.15) is 0 Å². The number of rotatable bonds is 0. The summed E-state index contributed by atoms with van der Waals surface area (Å²) in [5, 5.41) is 7.57. The fourth-order valence-electron chi connectivity index (χ4n) is 0. The van der Waals surface area contributed by atoms with Crippen LogP contribution in [0.25, 0.3) is 0 Å². The molecule has 0 saturated carbocycles. The van der Waals surface area contributed by atoms with Crippen molar-refractivity contribution in [3.05, 3.63) is 0 Å². The standard InChI is InChI=1S/C2H6O.Ca.H2O.2H/c1-2-3;;;;/h3H,2H2,1H3;;1H2;;/q;+2;;2*-1. The monoisotopic (exact) mass is 106 g/mol. The van der Waals surface area contributed by atoms with E-state index in [2.05, 4.69) is 0 Å². The molecular weight excluding hydrogens is 96.1 g/mol. The predicted molar refractivity (Wildman–Crippen MR) is 24.4 cm³/mol. The molecule has 2 nitrogen and oxygen atoms in total. The zero-order valence-corrected chi connectivity index (χ0v) is 5.57. The average Bonchev–Trinajstić information content (AvgIpc) is 0.918. The van der Waals surface area contributed by atoms with Gasteiger partial charge < -0.3 is 13.4 Å². The predicted octanol–water partition coefficient (Wildman–Crippen LogP) is -0.982. The van der Waals surface area contributed by atoms with Gasteiger partial charge in [-0.1, -0.05) is 0 Å². The van der Waals surface area contributed by atoms with E-state index < -0.39 is 0 Å². The fraction of sp³-hybridized carbons (Fsp3) is 1.00. The Kier molecular flexibility index (Phi) is 62.5. The van der Waals surface area contributed by atoms with Gasteiger partial charge in [0.2, 0.25) is 0 Å². The van der Waals surface area contributed by atoms with Crippen molar-refractivity contribution in [2.24, 2.45) is 0 Å².